The summed E-state index contributed by atoms with van der Waals surface area (Å²) in [6.45, 7) is 6.40. The molecule has 0 amide bonds. The van der Waals surface area contributed by atoms with E-state index in [9.17, 15) is 14.7 Å². The highest BCUT2D eigenvalue weighted by molar-refractivity contribution is 7.99. The minimum absolute atomic E-state index is 0.00263. The molecule has 0 saturated carbocycles. The normalized spacial score (nSPS) is 19.4. The number of rotatable bonds is 9. The molecule has 2 aromatic carbocycles. The van der Waals surface area contributed by atoms with E-state index in [0.717, 1.165) is 17.0 Å². The first-order valence-electron chi connectivity index (χ1n) is 12.5. The Balaban J connectivity index is 1.75. The summed E-state index contributed by atoms with van der Waals surface area (Å²) >= 11 is 7.77. The first kappa shape index (κ1) is 27.1. The number of hydrogen-bond acceptors (Lipinski definition) is 7. The second-order valence-electron chi connectivity index (χ2n) is 9.06. The molecule has 4 rings (SSSR count). The Bertz CT molecular complexity index is 1240. The zero-order valence-electron chi connectivity index (χ0n) is 21.3. The van der Waals surface area contributed by atoms with E-state index in [0.29, 0.717) is 65.0 Å². The molecule has 2 atom stereocenters. The molecule has 37 heavy (non-hydrogen) atoms. The smallest absolute Gasteiger partial charge is 0.336 e. The summed E-state index contributed by atoms with van der Waals surface area (Å²) in [6.07, 6.45) is 0.950. The maximum absolute atomic E-state index is 13.7. The molecule has 0 bridgehead atoms. The summed E-state index contributed by atoms with van der Waals surface area (Å²) in [7, 11) is 0. The van der Waals surface area contributed by atoms with Crippen molar-refractivity contribution in [2.45, 2.75) is 45.4 Å². The van der Waals surface area contributed by atoms with Crippen LogP contribution in [0.2, 0.25) is 5.02 Å². The minimum Gasteiger partial charge on any atom is -0.504 e. The van der Waals surface area contributed by atoms with Crippen molar-refractivity contribution in [3.8, 4) is 11.5 Å². The molecule has 196 valence electrons. The van der Waals surface area contributed by atoms with Gasteiger partial charge in [-0.15, -0.1) is 0 Å². The fraction of sp³-hybridized carbons (Fsp3) is 0.379. The zero-order chi connectivity index (χ0) is 26.5. The van der Waals surface area contributed by atoms with Crippen molar-refractivity contribution < 1.29 is 24.2 Å². The number of phenols is 1. The van der Waals surface area contributed by atoms with E-state index >= 15 is 0 Å². The number of nitrogens with one attached hydrogen (secondary N) is 1. The van der Waals surface area contributed by atoms with Gasteiger partial charge in [0.15, 0.2) is 17.3 Å². The lowest BCUT2D eigenvalue weighted by molar-refractivity contribution is -0.138. The third-order valence-corrected chi connectivity index (χ3v) is 7.79. The monoisotopic (exact) mass is 541 g/mol. The first-order chi connectivity index (χ1) is 17.8. The second kappa shape index (κ2) is 12.1. The molecule has 1 aliphatic heterocycles. The Hall–Kier alpha value is -2.90. The van der Waals surface area contributed by atoms with Crippen LogP contribution in [0.25, 0.3) is 0 Å². The number of benzene rings is 2. The molecule has 0 unspecified atom stereocenters. The van der Waals surface area contributed by atoms with Crippen molar-refractivity contribution in [3.05, 3.63) is 81.2 Å². The van der Waals surface area contributed by atoms with Gasteiger partial charge in [-0.05, 0) is 67.3 Å². The molecular weight excluding hydrogens is 510 g/mol. The number of ether oxygens (including phenoxy) is 2. The van der Waals surface area contributed by atoms with Crippen LogP contribution < -0.4 is 10.1 Å². The molecule has 0 fully saturated rings. The number of esters is 1. The highest BCUT2D eigenvalue weighted by atomic mass is 35.5. The third kappa shape index (κ3) is 5.99. The van der Waals surface area contributed by atoms with E-state index in [-0.39, 0.29) is 17.5 Å². The van der Waals surface area contributed by atoms with Crippen LogP contribution in [0.15, 0.2) is 65.0 Å². The van der Waals surface area contributed by atoms with Gasteiger partial charge in [0.05, 0.1) is 12.2 Å². The van der Waals surface area contributed by atoms with Gasteiger partial charge in [0, 0.05) is 40.1 Å². The van der Waals surface area contributed by atoms with Crippen molar-refractivity contribution in [2.75, 3.05) is 24.7 Å². The van der Waals surface area contributed by atoms with Gasteiger partial charge >= 0.3 is 5.97 Å². The van der Waals surface area contributed by atoms with Crippen LogP contribution in [0, 0.1) is 0 Å². The van der Waals surface area contributed by atoms with E-state index in [1.165, 1.54) is 0 Å². The Labute approximate surface area is 227 Å². The Morgan fingerprint density at radius 1 is 1.14 bits per heavy atom. The lowest BCUT2D eigenvalue weighted by atomic mass is 9.71. The van der Waals surface area contributed by atoms with Gasteiger partial charge in [-0.1, -0.05) is 36.7 Å². The number of carbonyl (C=O) groups excluding carboxylic acids is 2. The summed E-state index contributed by atoms with van der Waals surface area (Å²) in [5, 5.41) is 14.3. The van der Waals surface area contributed by atoms with Gasteiger partial charge in [0.2, 0.25) is 0 Å². The molecule has 0 spiro atoms. The standard InChI is InChI=1S/C29H32ClNO5S/c1-4-35-25-16-19(8-11-23(25)32)27-26(29(34)36-12-13-37-5-2)17(3)31-22-14-20(15-24(33)28(22)27)18-6-9-21(30)10-7-18/h6-11,16,20,27,31-32H,4-5,12-15H2,1-3H3/t20-,27+/m0/s1. The quantitative estimate of drug-likeness (QED) is 0.293. The largest absolute Gasteiger partial charge is 0.504 e. The molecule has 0 saturated heterocycles. The van der Waals surface area contributed by atoms with E-state index in [1.807, 2.05) is 38.1 Å². The Morgan fingerprint density at radius 3 is 2.57 bits per heavy atom. The molecule has 0 aromatic heterocycles. The van der Waals surface area contributed by atoms with Gasteiger partial charge in [-0.25, -0.2) is 4.79 Å². The van der Waals surface area contributed by atoms with Crippen LogP contribution in [0.1, 0.15) is 56.6 Å². The van der Waals surface area contributed by atoms with Crippen molar-refractivity contribution in [2.24, 2.45) is 0 Å². The summed E-state index contributed by atoms with van der Waals surface area (Å²) in [4.78, 5) is 27.1. The molecule has 6 nitrogen and oxygen atoms in total. The topological polar surface area (TPSA) is 84.9 Å². The minimum atomic E-state index is -0.624. The fourth-order valence-electron chi connectivity index (χ4n) is 5.01. The average Bonchev–Trinajstić information content (AvgIpc) is 2.87. The molecule has 8 heteroatoms. The number of ketones is 1. The van der Waals surface area contributed by atoms with Crippen molar-refractivity contribution in [3.63, 3.8) is 0 Å². The van der Waals surface area contributed by atoms with E-state index in [1.54, 1.807) is 30.0 Å². The number of thioether (sulfide) groups is 1. The summed E-state index contributed by atoms with van der Waals surface area (Å²) in [5.41, 5.74) is 4.19. The van der Waals surface area contributed by atoms with Crippen LogP contribution in [-0.4, -0.2) is 41.6 Å². The van der Waals surface area contributed by atoms with Crippen LogP contribution in [0.5, 0.6) is 11.5 Å². The molecule has 1 aliphatic carbocycles. The molecule has 1 heterocycles. The fourth-order valence-corrected chi connectivity index (χ4v) is 5.63. The third-order valence-electron chi connectivity index (χ3n) is 6.67. The maximum atomic E-state index is 13.7. The maximum Gasteiger partial charge on any atom is 0.336 e. The number of aromatic hydroxyl groups is 1. The van der Waals surface area contributed by atoms with E-state index in [4.69, 9.17) is 21.1 Å². The average molecular weight is 542 g/mol. The predicted molar refractivity (Wildman–Crippen MR) is 147 cm³/mol. The predicted octanol–water partition coefficient (Wildman–Crippen LogP) is 6.10. The van der Waals surface area contributed by atoms with Gasteiger partial charge in [0.25, 0.3) is 0 Å². The number of dihydropyridines is 1. The van der Waals surface area contributed by atoms with Crippen LogP contribution in [0.4, 0.5) is 0 Å². The van der Waals surface area contributed by atoms with E-state index in [2.05, 4.69) is 12.2 Å². The van der Waals surface area contributed by atoms with Crippen LogP contribution in [0.3, 0.4) is 0 Å². The van der Waals surface area contributed by atoms with Gasteiger partial charge < -0.3 is 19.9 Å². The van der Waals surface area contributed by atoms with Gasteiger partial charge in [0.1, 0.15) is 6.61 Å². The van der Waals surface area contributed by atoms with Gasteiger partial charge in [-0.3, -0.25) is 4.79 Å². The second-order valence-corrected chi connectivity index (χ2v) is 10.9. The number of hydrogen-bond donors (Lipinski definition) is 2. The summed E-state index contributed by atoms with van der Waals surface area (Å²) in [6, 6.07) is 12.6. The molecular formula is C29H32ClNO5S. The van der Waals surface area contributed by atoms with E-state index < -0.39 is 11.9 Å². The lowest BCUT2D eigenvalue weighted by Gasteiger charge is -2.36. The Morgan fingerprint density at radius 2 is 1.86 bits per heavy atom. The number of allylic oxidation sites excluding steroid dienone is 3. The SMILES string of the molecule is CCOc1cc([C@@H]2C(C(=O)OCCSCC)=C(C)NC3=C2C(=O)C[C@@H](c2ccc(Cl)cc2)C3)ccc1O. The molecule has 0 radical (unpaired) electrons. The van der Waals surface area contributed by atoms with Crippen molar-refractivity contribution in [1.29, 1.82) is 0 Å². The highest BCUT2D eigenvalue weighted by Crippen LogP contribution is 2.47. The number of Topliss-reactive ketones (excluding diaryl/α,β-unsaturated/α-hetero) is 1. The number of halogens is 1. The summed E-state index contributed by atoms with van der Waals surface area (Å²) in [5.74, 6) is 0.873. The zero-order valence-corrected chi connectivity index (χ0v) is 22.9. The molecule has 2 aromatic rings. The first-order valence-corrected chi connectivity index (χ1v) is 14.1. The van der Waals surface area contributed by atoms with Crippen LogP contribution in [-0.2, 0) is 14.3 Å². The van der Waals surface area contributed by atoms with Crippen LogP contribution >= 0.6 is 23.4 Å². The highest BCUT2D eigenvalue weighted by Gasteiger charge is 2.41. The molecule has 2 N–H and O–H groups in total. The Kier molecular flexibility index (Phi) is 8.87. The van der Waals surface area contributed by atoms with Crippen molar-refractivity contribution in [1.82, 2.24) is 5.32 Å². The molecule has 2 aliphatic rings. The van der Waals surface area contributed by atoms with Crippen molar-refractivity contribution >= 4 is 35.1 Å². The number of carbonyl (C=O) groups is 2. The summed E-state index contributed by atoms with van der Waals surface area (Å²) < 4.78 is 11.3. The number of phenolic OH excluding ortho intramolecular Hbond substituents is 1. The lowest BCUT2D eigenvalue weighted by Crippen LogP contribution is -2.36. The van der Waals surface area contributed by atoms with Gasteiger partial charge in [-0.2, -0.15) is 11.8 Å².